The van der Waals surface area contributed by atoms with E-state index in [4.69, 9.17) is 5.26 Å². The van der Waals surface area contributed by atoms with Crippen molar-refractivity contribution in [2.24, 2.45) is 0 Å². The number of aryl methyl sites for hydroxylation is 3. The summed E-state index contributed by atoms with van der Waals surface area (Å²) < 4.78 is 42.8. The first-order valence-corrected chi connectivity index (χ1v) is 13.2. The van der Waals surface area contributed by atoms with E-state index in [9.17, 15) is 8.78 Å². The maximum Gasteiger partial charge on any atom is 0.146 e. The molecule has 0 radical (unpaired) electrons. The number of nitriles is 1. The van der Waals surface area contributed by atoms with Gasteiger partial charge in [-0.3, -0.25) is 0 Å². The average molecular weight is 510 g/mol. The van der Waals surface area contributed by atoms with E-state index in [0.717, 1.165) is 42.3 Å². The number of halogens is 3. The molecule has 0 fully saturated rings. The zero-order valence-electron chi connectivity index (χ0n) is 21.6. The summed E-state index contributed by atoms with van der Waals surface area (Å²) in [7, 11) is 0. The molecular formula is C34H30F3N. The van der Waals surface area contributed by atoms with Crippen LogP contribution in [0.25, 0.3) is 10.8 Å². The summed E-state index contributed by atoms with van der Waals surface area (Å²) in [5.74, 6) is 2.80. The highest BCUT2D eigenvalue weighted by atomic mass is 19.1. The van der Waals surface area contributed by atoms with Crippen LogP contribution >= 0.6 is 0 Å². The van der Waals surface area contributed by atoms with Crippen molar-refractivity contribution in [3.05, 3.63) is 118 Å². The quantitative estimate of drug-likeness (QED) is 0.163. The van der Waals surface area contributed by atoms with E-state index in [2.05, 4.69) is 43.0 Å². The lowest BCUT2D eigenvalue weighted by Gasteiger charge is -2.07. The van der Waals surface area contributed by atoms with Crippen LogP contribution < -0.4 is 0 Å². The molecule has 0 saturated carbocycles. The Balaban J connectivity index is 1.40. The Morgan fingerprint density at radius 3 is 1.97 bits per heavy atom. The Bertz CT molecular complexity index is 1500. The molecule has 0 aliphatic carbocycles. The number of fused-ring (bicyclic) bond motifs is 1. The maximum atomic E-state index is 15.1. The number of rotatable bonds is 9. The molecule has 0 atom stereocenters. The topological polar surface area (TPSA) is 23.8 Å². The molecule has 0 aliphatic heterocycles. The van der Waals surface area contributed by atoms with Crippen molar-refractivity contribution in [2.45, 2.75) is 58.3 Å². The molecule has 0 heterocycles. The molecule has 0 spiro atoms. The summed E-state index contributed by atoms with van der Waals surface area (Å²) in [5, 5.41) is 10.0. The first-order valence-electron chi connectivity index (χ1n) is 13.2. The third-order valence-electron chi connectivity index (χ3n) is 6.81. The Labute approximate surface area is 222 Å². The lowest BCUT2D eigenvalue weighted by atomic mass is 9.98. The lowest BCUT2D eigenvalue weighted by Crippen LogP contribution is -1.94. The molecule has 4 rings (SSSR count). The highest BCUT2D eigenvalue weighted by molar-refractivity contribution is 5.85. The largest absolute Gasteiger partial charge is 0.205 e. The molecule has 1 nitrogen and oxygen atoms in total. The second-order valence-electron chi connectivity index (χ2n) is 9.64. The molecule has 192 valence electrons. The third-order valence-corrected chi connectivity index (χ3v) is 6.81. The lowest BCUT2D eigenvalue weighted by molar-refractivity contribution is 0.576. The summed E-state index contributed by atoms with van der Waals surface area (Å²) >= 11 is 0. The summed E-state index contributed by atoms with van der Waals surface area (Å²) in [6.07, 6.45) is 9.34. The van der Waals surface area contributed by atoms with E-state index < -0.39 is 23.0 Å². The number of benzene rings is 4. The van der Waals surface area contributed by atoms with Crippen LogP contribution in [0.5, 0.6) is 0 Å². The van der Waals surface area contributed by atoms with Crippen LogP contribution in [-0.2, 0) is 19.3 Å². The second-order valence-corrected chi connectivity index (χ2v) is 9.64. The summed E-state index contributed by atoms with van der Waals surface area (Å²) in [5.41, 5.74) is 3.31. The van der Waals surface area contributed by atoms with Gasteiger partial charge in [0, 0.05) is 10.9 Å². The molecular weight excluding hydrogens is 479 g/mol. The smallest absolute Gasteiger partial charge is 0.146 e. The first kappa shape index (κ1) is 27.0. The van der Waals surface area contributed by atoms with E-state index >= 15 is 4.39 Å². The molecule has 0 aliphatic rings. The van der Waals surface area contributed by atoms with Gasteiger partial charge in [-0.2, -0.15) is 5.26 Å². The predicted octanol–water partition coefficient (Wildman–Crippen LogP) is 8.83. The average Bonchev–Trinajstić information content (AvgIpc) is 2.92. The minimum atomic E-state index is -0.989. The second kappa shape index (κ2) is 13.0. The molecule has 0 amide bonds. The molecule has 0 saturated heterocycles. The summed E-state index contributed by atoms with van der Waals surface area (Å²) in [4.78, 5) is 0. The van der Waals surface area contributed by atoms with E-state index in [1.807, 2.05) is 12.1 Å². The van der Waals surface area contributed by atoms with Crippen LogP contribution in [0.1, 0.15) is 72.4 Å². The van der Waals surface area contributed by atoms with Gasteiger partial charge in [-0.05, 0) is 66.0 Å². The fourth-order valence-corrected chi connectivity index (χ4v) is 4.58. The Hall–Kier alpha value is -4.02. The molecule has 0 N–H and O–H groups in total. The van der Waals surface area contributed by atoms with Gasteiger partial charge in [-0.25, -0.2) is 13.2 Å². The standard InChI is InChI=1S/C34H30F3N/c1-2-3-4-5-6-7-24-8-10-25(11-9-24)12-13-26-15-19-30-29(20-26)18-17-28(34(30)37)16-14-27-21-32(35)31(23-38)33(36)22-27/h8-11,15,17-22H,2-7,12-13H2,1H3. The van der Waals surface area contributed by atoms with Crippen LogP contribution in [0, 0.1) is 40.6 Å². The van der Waals surface area contributed by atoms with E-state index in [1.165, 1.54) is 49.3 Å². The van der Waals surface area contributed by atoms with Gasteiger partial charge in [0.05, 0.1) is 5.56 Å². The van der Waals surface area contributed by atoms with Crippen molar-refractivity contribution >= 4 is 10.8 Å². The Morgan fingerprint density at radius 2 is 1.29 bits per heavy atom. The number of unbranched alkanes of at least 4 members (excludes halogenated alkanes) is 4. The van der Waals surface area contributed by atoms with Gasteiger partial charge in [0.15, 0.2) is 0 Å². The number of hydrogen-bond acceptors (Lipinski definition) is 1. The number of hydrogen-bond donors (Lipinski definition) is 0. The van der Waals surface area contributed by atoms with Crippen LogP contribution in [0.15, 0.2) is 66.7 Å². The van der Waals surface area contributed by atoms with Gasteiger partial charge in [0.1, 0.15) is 29.1 Å². The summed E-state index contributed by atoms with van der Waals surface area (Å²) in [6.45, 7) is 2.23. The van der Waals surface area contributed by atoms with Crippen LogP contribution in [0.2, 0.25) is 0 Å². The van der Waals surface area contributed by atoms with Crippen LogP contribution in [-0.4, -0.2) is 0 Å². The van der Waals surface area contributed by atoms with Gasteiger partial charge in [0.2, 0.25) is 0 Å². The number of nitrogens with zero attached hydrogens (tertiary/aromatic N) is 1. The normalized spacial score (nSPS) is 10.7. The zero-order chi connectivity index (χ0) is 26.9. The molecule has 0 aromatic heterocycles. The van der Waals surface area contributed by atoms with Crippen molar-refractivity contribution in [3.63, 3.8) is 0 Å². The highest BCUT2D eigenvalue weighted by Crippen LogP contribution is 2.23. The van der Waals surface area contributed by atoms with Crippen LogP contribution in [0.4, 0.5) is 13.2 Å². The fourth-order valence-electron chi connectivity index (χ4n) is 4.58. The SMILES string of the molecule is CCCCCCCc1ccc(CCc2ccc3c(F)c(C#Cc4cc(F)c(C#N)c(F)c4)ccc3c2)cc1. The van der Waals surface area contributed by atoms with E-state index in [0.29, 0.717) is 5.39 Å². The minimum absolute atomic E-state index is 0.0360. The van der Waals surface area contributed by atoms with E-state index in [-0.39, 0.29) is 11.1 Å². The van der Waals surface area contributed by atoms with Gasteiger partial charge in [-0.15, -0.1) is 0 Å². The van der Waals surface area contributed by atoms with Crippen molar-refractivity contribution in [1.82, 2.24) is 0 Å². The van der Waals surface area contributed by atoms with Gasteiger partial charge in [-0.1, -0.05) is 93.0 Å². The fraction of sp³-hybridized carbons (Fsp3) is 0.265. The Morgan fingerprint density at radius 1 is 0.658 bits per heavy atom. The molecule has 4 aromatic carbocycles. The molecule has 0 unspecified atom stereocenters. The zero-order valence-corrected chi connectivity index (χ0v) is 21.6. The van der Waals surface area contributed by atoms with Crippen LogP contribution in [0.3, 0.4) is 0 Å². The molecule has 4 heteroatoms. The highest BCUT2D eigenvalue weighted by Gasteiger charge is 2.10. The van der Waals surface area contributed by atoms with Gasteiger partial charge in [0.25, 0.3) is 0 Å². The van der Waals surface area contributed by atoms with Crippen molar-refractivity contribution < 1.29 is 13.2 Å². The van der Waals surface area contributed by atoms with Crippen molar-refractivity contribution in [2.75, 3.05) is 0 Å². The minimum Gasteiger partial charge on any atom is -0.205 e. The Kier molecular flexibility index (Phi) is 9.23. The van der Waals surface area contributed by atoms with Gasteiger partial charge >= 0.3 is 0 Å². The maximum absolute atomic E-state index is 15.1. The molecule has 38 heavy (non-hydrogen) atoms. The summed E-state index contributed by atoms with van der Waals surface area (Å²) in [6, 6.07) is 21.4. The van der Waals surface area contributed by atoms with Gasteiger partial charge < -0.3 is 0 Å². The van der Waals surface area contributed by atoms with Crippen molar-refractivity contribution in [1.29, 1.82) is 5.26 Å². The predicted molar refractivity (Wildman–Crippen MR) is 147 cm³/mol. The monoisotopic (exact) mass is 509 g/mol. The van der Waals surface area contributed by atoms with E-state index in [1.54, 1.807) is 18.2 Å². The van der Waals surface area contributed by atoms with Crippen molar-refractivity contribution in [3.8, 4) is 17.9 Å². The first-order chi connectivity index (χ1) is 18.5. The third kappa shape index (κ3) is 6.84. The molecule has 4 aromatic rings. The molecule has 0 bridgehead atoms.